The minimum atomic E-state index is -0.380. The lowest BCUT2D eigenvalue weighted by Gasteiger charge is -2.32. The second-order valence-corrected chi connectivity index (χ2v) is 8.51. The summed E-state index contributed by atoms with van der Waals surface area (Å²) in [5.41, 5.74) is 4.07. The Bertz CT molecular complexity index is 1190. The number of H-pyrrole nitrogens is 1. The average molecular weight is 416 g/mol. The van der Waals surface area contributed by atoms with Crippen LogP contribution in [0, 0.1) is 0 Å². The van der Waals surface area contributed by atoms with Crippen molar-refractivity contribution in [2.75, 3.05) is 5.32 Å². The zero-order valence-electron chi connectivity index (χ0n) is 16.4. The fraction of sp³-hybridized carbons (Fsp3) is 0.208. The van der Waals surface area contributed by atoms with Crippen LogP contribution in [0.5, 0.6) is 0 Å². The van der Waals surface area contributed by atoms with Gasteiger partial charge in [0.1, 0.15) is 5.82 Å². The lowest BCUT2D eigenvalue weighted by molar-refractivity contribution is -0.116. The fourth-order valence-electron chi connectivity index (χ4n) is 4.21. The lowest BCUT2D eigenvalue weighted by Crippen LogP contribution is -2.32. The van der Waals surface area contributed by atoms with E-state index in [1.54, 1.807) is 0 Å². The fourth-order valence-corrected chi connectivity index (χ4v) is 5.03. The topological polar surface area (TPSA) is 74.8 Å². The molecule has 1 aliphatic heterocycles. The van der Waals surface area contributed by atoms with Crippen molar-refractivity contribution in [1.82, 2.24) is 9.97 Å². The first-order valence-electron chi connectivity index (χ1n) is 10.1. The zero-order chi connectivity index (χ0) is 20.5. The van der Waals surface area contributed by atoms with Gasteiger partial charge in [-0.1, -0.05) is 72.4 Å². The number of rotatable bonds is 4. The third-order valence-electron chi connectivity index (χ3n) is 5.59. The SMILES string of the molecule is O=C1CCCC2=C1C(c1ccccc1)c1c(nc(SCc3ccccc3)[nH]c1=O)N2. The number of anilines is 1. The number of nitrogens with one attached hydrogen (secondary N) is 2. The van der Waals surface area contributed by atoms with Crippen molar-refractivity contribution in [3.05, 3.63) is 99.0 Å². The van der Waals surface area contributed by atoms with Crippen LogP contribution in [0.2, 0.25) is 0 Å². The van der Waals surface area contributed by atoms with Crippen LogP contribution in [0.25, 0.3) is 0 Å². The second kappa shape index (κ2) is 7.95. The van der Waals surface area contributed by atoms with Crippen LogP contribution in [0.1, 0.15) is 41.9 Å². The van der Waals surface area contributed by atoms with Gasteiger partial charge in [0, 0.05) is 29.4 Å². The Labute approximate surface area is 178 Å². The summed E-state index contributed by atoms with van der Waals surface area (Å²) in [6, 6.07) is 19.9. The number of aromatic nitrogens is 2. The Kier molecular flexibility index (Phi) is 5.01. The highest BCUT2D eigenvalue weighted by molar-refractivity contribution is 7.98. The number of ketones is 1. The van der Waals surface area contributed by atoms with Gasteiger partial charge in [-0.3, -0.25) is 9.59 Å². The van der Waals surface area contributed by atoms with Gasteiger partial charge in [-0.2, -0.15) is 0 Å². The molecular weight excluding hydrogens is 394 g/mol. The predicted molar refractivity (Wildman–Crippen MR) is 119 cm³/mol. The zero-order valence-corrected chi connectivity index (χ0v) is 17.2. The Morgan fingerprint density at radius 2 is 1.70 bits per heavy atom. The van der Waals surface area contributed by atoms with E-state index >= 15 is 0 Å². The first-order valence-corrected chi connectivity index (χ1v) is 11.1. The highest BCUT2D eigenvalue weighted by atomic mass is 32.2. The minimum Gasteiger partial charge on any atom is -0.343 e. The smallest absolute Gasteiger partial charge is 0.257 e. The van der Waals surface area contributed by atoms with Gasteiger partial charge >= 0.3 is 0 Å². The van der Waals surface area contributed by atoms with Crippen LogP contribution >= 0.6 is 11.8 Å². The largest absolute Gasteiger partial charge is 0.343 e. The molecule has 30 heavy (non-hydrogen) atoms. The highest BCUT2D eigenvalue weighted by Gasteiger charge is 2.37. The summed E-state index contributed by atoms with van der Waals surface area (Å²) >= 11 is 1.50. The maximum atomic E-state index is 13.2. The molecule has 5 nitrogen and oxygen atoms in total. The summed E-state index contributed by atoms with van der Waals surface area (Å²) in [7, 11) is 0. The van der Waals surface area contributed by atoms with Crippen LogP contribution in [0.3, 0.4) is 0 Å². The van der Waals surface area contributed by atoms with E-state index in [-0.39, 0.29) is 17.3 Å². The van der Waals surface area contributed by atoms with Crippen molar-refractivity contribution in [2.24, 2.45) is 0 Å². The third-order valence-corrected chi connectivity index (χ3v) is 6.53. The summed E-state index contributed by atoms with van der Waals surface area (Å²) in [4.78, 5) is 33.7. The Hall–Kier alpha value is -3.12. The summed E-state index contributed by atoms with van der Waals surface area (Å²) in [6.07, 6.45) is 2.14. The molecule has 2 heterocycles. The van der Waals surface area contributed by atoms with Crippen molar-refractivity contribution in [3.8, 4) is 0 Å². The van der Waals surface area contributed by atoms with Crippen molar-refractivity contribution < 1.29 is 4.79 Å². The molecule has 3 aromatic rings. The number of Topliss-reactive ketones (excluding diaryl/α,β-unsaturated/α-hetero) is 1. The van der Waals surface area contributed by atoms with Gasteiger partial charge in [-0.15, -0.1) is 0 Å². The summed E-state index contributed by atoms with van der Waals surface area (Å²) in [5, 5.41) is 3.90. The van der Waals surface area contributed by atoms with E-state index in [9.17, 15) is 9.59 Å². The van der Waals surface area contributed by atoms with Gasteiger partial charge < -0.3 is 10.3 Å². The Morgan fingerprint density at radius 3 is 2.47 bits per heavy atom. The van der Waals surface area contributed by atoms with Crippen LogP contribution in [-0.4, -0.2) is 15.8 Å². The molecule has 0 bridgehead atoms. The van der Waals surface area contributed by atoms with Crippen LogP contribution < -0.4 is 10.9 Å². The molecule has 0 saturated heterocycles. The van der Waals surface area contributed by atoms with Gasteiger partial charge in [0.2, 0.25) is 0 Å². The normalized spacial score (nSPS) is 17.9. The first-order chi connectivity index (χ1) is 14.7. The van der Waals surface area contributed by atoms with E-state index in [0.717, 1.165) is 35.4 Å². The van der Waals surface area contributed by atoms with Crippen molar-refractivity contribution in [3.63, 3.8) is 0 Å². The monoisotopic (exact) mass is 415 g/mol. The number of aromatic amines is 1. The quantitative estimate of drug-likeness (QED) is 0.480. The molecule has 2 aromatic carbocycles. The van der Waals surface area contributed by atoms with Crippen molar-refractivity contribution in [2.45, 2.75) is 36.1 Å². The molecule has 0 fully saturated rings. The molecule has 6 heteroatoms. The van der Waals surface area contributed by atoms with Crippen molar-refractivity contribution >= 4 is 23.4 Å². The molecule has 1 aromatic heterocycles. The minimum absolute atomic E-state index is 0.116. The molecule has 150 valence electrons. The summed E-state index contributed by atoms with van der Waals surface area (Å²) in [5.74, 6) is 1.02. The van der Waals surface area contributed by atoms with Crippen LogP contribution in [0.15, 0.2) is 81.9 Å². The number of hydrogen-bond donors (Lipinski definition) is 2. The predicted octanol–water partition coefficient (Wildman–Crippen LogP) is 4.63. The number of hydrogen-bond acceptors (Lipinski definition) is 5. The van der Waals surface area contributed by atoms with Crippen molar-refractivity contribution in [1.29, 1.82) is 0 Å². The van der Waals surface area contributed by atoms with Gasteiger partial charge in [0.25, 0.3) is 5.56 Å². The molecule has 2 N–H and O–H groups in total. The average Bonchev–Trinajstić information content (AvgIpc) is 2.78. The molecule has 1 atom stereocenters. The Balaban J connectivity index is 1.57. The van der Waals surface area contributed by atoms with Crippen LogP contribution in [0.4, 0.5) is 5.82 Å². The van der Waals surface area contributed by atoms with E-state index in [1.165, 1.54) is 17.3 Å². The lowest BCUT2D eigenvalue weighted by atomic mass is 9.76. The van der Waals surface area contributed by atoms with E-state index in [2.05, 4.69) is 22.4 Å². The standard InChI is InChI=1S/C24H21N3O2S/c28-18-13-7-12-17-20(18)19(16-10-5-2-6-11-16)21-22(25-17)26-24(27-23(21)29)30-14-15-8-3-1-4-9-15/h1-6,8-11,19H,7,12-14H2,(H2,25,26,27,29). The van der Waals surface area contributed by atoms with E-state index < -0.39 is 0 Å². The molecule has 2 aliphatic rings. The number of benzene rings is 2. The van der Waals surface area contributed by atoms with Crippen LogP contribution in [-0.2, 0) is 10.5 Å². The Morgan fingerprint density at radius 1 is 0.967 bits per heavy atom. The molecule has 1 unspecified atom stereocenters. The molecule has 0 spiro atoms. The van der Waals surface area contributed by atoms with Gasteiger partial charge in [0.15, 0.2) is 10.9 Å². The molecule has 0 amide bonds. The maximum Gasteiger partial charge on any atom is 0.257 e. The van der Waals surface area contributed by atoms with E-state index in [4.69, 9.17) is 4.98 Å². The maximum absolute atomic E-state index is 13.2. The number of allylic oxidation sites excluding steroid dienone is 2. The molecule has 5 rings (SSSR count). The molecule has 0 saturated carbocycles. The number of fused-ring (bicyclic) bond motifs is 1. The summed E-state index contributed by atoms with van der Waals surface area (Å²) in [6.45, 7) is 0. The summed E-state index contributed by atoms with van der Waals surface area (Å²) < 4.78 is 0. The first kappa shape index (κ1) is 18.9. The molecule has 0 radical (unpaired) electrons. The van der Waals surface area contributed by atoms with Gasteiger partial charge in [-0.05, 0) is 24.0 Å². The third kappa shape index (κ3) is 3.48. The molecule has 1 aliphatic carbocycles. The van der Waals surface area contributed by atoms with Gasteiger partial charge in [-0.25, -0.2) is 4.98 Å². The molecular formula is C24H21N3O2S. The van der Waals surface area contributed by atoms with E-state index in [1.807, 2.05) is 48.5 Å². The number of thioether (sulfide) groups is 1. The number of nitrogens with zero attached hydrogens (tertiary/aromatic N) is 1. The second-order valence-electron chi connectivity index (χ2n) is 7.55. The van der Waals surface area contributed by atoms with E-state index in [0.29, 0.717) is 23.0 Å². The number of carbonyl (C=O) groups is 1. The highest BCUT2D eigenvalue weighted by Crippen LogP contribution is 2.43. The number of carbonyl (C=O) groups excluding carboxylic acids is 1. The van der Waals surface area contributed by atoms with Gasteiger partial charge in [0.05, 0.1) is 5.56 Å².